The first kappa shape index (κ1) is 18.3. The summed E-state index contributed by atoms with van der Waals surface area (Å²) in [6.07, 6.45) is 6.86. The highest BCUT2D eigenvalue weighted by atomic mass is 16.6. The van der Waals surface area contributed by atoms with Crippen LogP contribution in [0.25, 0.3) is 0 Å². The van der Waals surface area contributed by atoms with Crippen molar-refractivity contribution in [3.63, 3.8) is 0 Å². The number of allylic oxidation sites excluding steroid dienone is 4. The summed E-state index contributed by atoms with van der Waals surface area (Å²) in [7, 11) is 0. The van der Waals surface area contributed by atoms with E-state index in [4.69, 9.17) is 14.2 Å². The van der Waals surface area contributed by atoms with Crippen LogP contribution in [0, 0.1) is 5.92 Å². The molecular formula is C21H28O3. The van der Waals surface area contributed by atoms with Gasteiger partial charge in [0.25, 0.3) is 0 Å². The molecule has 0 bridgehead atoms. The quantitative estimate of drug-likeness (QED) is 0.351. The summed E-state index contributed by atoms with van der Waals surface area (Å²) in [5.74, 6) is 2.24. The van der Waals surface area contributed by atoms with Gasteiger partial charge in [0.05, 0.1) is 12.4 Å². The summed E-state index contributed by atoms with van der Waals surface area (Å²) in [6.45, 7) is 12.1. The molecule has 130 valence electrons. The molecular weight excluding hydrogens is 300 g/mol. The molecule has 0 spiro atoms. The van der Waals surface area contributed by atoms with Crippen LogP contribution in [0.2, 0.25) is 0 Å². The van der Waals surface area contributed by atoms with E-state index in [1.165, 1.54) is 5.56 Å². The lowest BCUT2D eigenvalue weighted by molar-refractivity contribution is 0.184. The predicted octanol–water partition coefficient (Wildman–Crippen LogP) is 4.79. The number of hydrogen-bond acceptors (Lipinski definition) is 3. The van der Waals surface area contributed by atoms with Gasteiger partial charge in [0, 0.05) is 0 Å². The molecule has 0 N–H and O–H groups in total. The van der Waals surface area contributed by atoms with E-state index in [0.29, 0.717) is 19.1 Å². The van der Waals surface area contributed by atoms with Crippen LogP contribution in [-0.4, -0.2) is 19.3 Å². The standard InChI is InChI=1S/C21H28O3/c1-5-20(11-6-17(4)22-14-21-15-24-21)23-13-19-9-7-18(8-10-19)12-16(2)3/h5-11,16,21H,1,12-15H2,2-4H3/b17-6+,20-11+. The molecule has 1 aromatic carbocycles. The van der Waals surface area contributed by atoms with Crippen molar-refractivity contribution in [3.05, 3.63) is 71.7 Å². The first-order valence-electron chi connectivity index (χ1n) is 8.53. The van der Waals surface area contributed by atoms with E-state index in [9.17, 15) is 0 Å². The van der Waals surface area contributed by atoms with Crippen LogP contribution in [0.3, 0.4) is 0 Å². The van der Waals surface area contributed by atoms with E-state index in [1.54, 1.807) is 6.08 Å². The maximum absolute atomic E-state index is 5.80. The van der Waals surface area contributed by atoms with Crippen molar-refractivity contribution in [2.75, 3.05) is 13.2 Å². The average molecular weight is 328 g/mol. The fraction of sp³-hybridized carbons (Fsp3) is 0.429. The number of epoxide rings is 1. The fourth-order valence-electron chi connectivity index (χ4n) is 2.22. The molecule has 3 heteroatoms. The fourth-order valence-corrected chi connectivity index (χ4v) is 2.22. The molecule has 0 saturated carbocycles. The van der Waals surface area contributed by atoms with Gasteiger partial charge in [0.15, 0.2) is 0 Å². The van der Waals surface area contributed by atoms with Crippen LogP contribution in [0.1, 0.15) is 31.9 Å². The van der Waals surface area contributed by atoms with Crippen molar-refractivity contribution in [1.29, 1.82) is 0 Å². The maximum Gasteiger partial charge on any atom is 0.119 e. The van der Waals surface area contributed by atoms with E-state index >= 15 is 0 Å². The molecule has 1 aromatic rings. The average Bonchev–Trinajstić information content (AvgIpc) is 3.38. The summed E-state index contributed by atoms with van der Waals surface area (Å²) < 4.78 is 16.5. The highest BCUT2D eigenvalue weighted by Gasteiger charge is 2.22. The van der Waals surface area contributed by atoms with Crippen LogP contribution < -0.4 is 0 Å². The van der Waals surface area contributed by atoms with Gasteiger partial charge in [-0.2, -0.15) is 0 Å². The van der Waals surface area contributed by atoms with Crippen LogP contribution in [0.4, 0.5) is 0 Å². The first-order valence-corrected chi connectivity index (χ1v) is 8.53. The smallest absolute Gasteiger partial charge is 0.119 e. The molecule has 1 unspecified atom stereocenters. The second kappa shape index (κ2) is 9.33. The highest BCUT2D eigenvalue weighted by Crippen LogP contribution is 2.13. The van der Waals surface area contributed by atoms with Gasteiger partial charge in [0.1, 0.15) is 25.1 Å². The Morgan fingerprint density at radius 2 is 1.88 bits per heavy atom. The number of benzene rings is 1. The Morgan fingerprint density at radius 1 is 1.21 bits per heavy atom. The molecule has 1 fully saturated rings. The molecule has 0 radical (unpaired) electrons. The zero-order valence-corrected chi connectivity index (χ0v) is 15.0. The minimum absolute atomic E-state index is 0.270. The first-order chi connectivity index (χ1) is 11.6. The van der Waals surface area contributed by atoms with Gasteiger partial charge < -0.3 is 14.2 Å². The zero-order valence-electron chi connectivity index (χ0n) is 15.0. The molecule has 1 heterocycles. The van der Waals surface area contributed by atoms with Crippen LogP contribution in [0.5, 0.6) is 0 Å². The lowest BCUT2D eigenvalue weighted by atomic mass is 10.0. The molecule has 1 aliphatic heterocycles. The molecule has 1 atom stereocenters. The Labute approximate surface area is 145 Å². The Balaban J connectivity index is 1.82. The van der Waals surface area contributed by atoms with E-state index in [2.05, 4.69) is 44.7 Å². The van der Waals surface area contributed by atoms with Crippen LogP contribution in [0.15, 0.2) is 60.6 Å². The lowest BCUT2D eigenvalue weighted by Gasteiger charge is -2.09. The Morgan fingerprint density at radius 3 is 2.46 bits per heavy atom. The third-order valence-corrected chi connectivity index (χ3v) is 3.66. The number of rotatable bonds is 10. The monoisotopic (exact) mass is 328 g/mol. The molecule has 0 aromatic heterocycles. The molecule has 24 heavy (non-hydrogen) atoms. The van der Waals surface area contributed by atoms with Gasteiger partial charge in [0.2, 0.25) is 0 Å². The van der Waals surface area contributed by atoms with Crippen LogP contribution in [-0.2, 0) is 27.2 Å². The Kier molecular flexibility index (Phi) is 7.13. The van der Waals surface area contributed by atoms with Crippen molar-refractivity contribution < 1.29 is 14.2 Å². The second-order valence-corrected chi connectivity index (χ2v) is 6.52. The summed E-state index contributed by atoms with van der Waals surface area (Å²) in [5, 5.41) is 0. The van der Waals surface area contributed by atoms with Crippen LogP contribution >= 0.6 is 0 Å². The highest BCUT2D eigenvalue weighted by molar-refractivity contribution is 5.23. The second-order valence-electron chi connectivity index (χ2n) is 6.52. The molecule has 1 saturated heterocycles. The third kappa shape index (κ3) is 7.05. The summed E-state index contributed by atoms with van der Waals surface area (Å²) in [6, 6.07) is 8.60. The minimum atomic E-state index is 0.270. The van der Waals surface area contributed by atoms with Gasteiger partial charge in [-0.25, -0.2) is 0 Å². The van der Waals surface area contributed by atoms with Gasteiger partial charge in [-0.1, -0.05) is 44.7 Å². The van der Waals surface area contributed by atoms with E-state index in [1.807, 2.05) is 19.1 Å². The molecule has 1 aliphatic rings. The Bertz CT molecular complexity index is 578. The number of hydrogen-bond donors (Lipinski definition) is 0. The van der Waals surface area contributed by atoms with E-state index in [-0.39, 0.29) is 6.10 Å². The number of ether oxygens (including phenoxy) is 3. The van der Waals surface area contributed by atoms with Crippen molar-refractivity contribution in [2.24, 2.45) is 5.92 Å². The van der Waals surface area contributed by atoms with E-state index in [0.717, 1.165) is 30.1 Å². The zero-order chi connectivity index (χ0) is 17.4. The molecule has 2 rings (SSSR count). The summed E-state index contributed by atoms with van der Waals surface area (Å²) >= 11 is 0. The van der Waals surface area contributed by atoms with Gasteiger partial charge >= 0.3 is 0 Å². The van der Waals surface area contributed by atoms with Gasteiger partial charge in [-0.15, -0.1) is 0 Å². The largest absolute Gasteiger partial charge is 0.495 e. The molecule has 0 aliphatic carbocycles. The topological polar surface area (TPSA) is 31.0 Å². The lowest BCUT2D eigenvalue weighted by Crippen LogP contribution is -1.99. The summed E-state index contributed by atoms with van der Waals surface area (Å²) in [4.78, 5) is 0. The van der Waals surface area contributed by atoms with Crippen molar-refractivity contribution in [2.45, 2.75) is 39.9 Å². The normalized spacial score (nSPS) is 17.8. The Hall–Kier alpha value is -2.00. The van der Waals surface area contributed by atoms with Gasteiger partial charge in [-0.05, 0) is 48.6 Å². The maximum atomic E-state index is 5.80. The predicted molar refractivity (Wildman–Crippen MR) is 97.5 cm³/mol. The third-order valence-electron chi connectivity index (χ3n) is 3.66. The van der Waals surface area contributed by atoms with Gasteiger partial charge in [-0.3, -0.25) is 0 Å². The van der Waals surface area contributed by atoms with Crippen molar-refractivity contribution in [3.8, 4) is 0 Å². The van der Waals surface area contributed by atoms with Crippen molar-refractivity contribution >= 4 is 0 Å². The van der Waals surface area contributed by atoms with Crippen molar-refractivity contribution in [1.82, 2.24) is 0 Å². The molecule has 0 amide bonds. The SMILES string of the molecule is C=C/C(=C\C=C(/C)OCC1CO1)OCc1ccc(CC(C)C)cc1. The van der Waals surface area contributed by atoms with E-state index < -0.39 is 0 Å². The molecule has 3 nitrogen and oxygen atoms in total. The minimum Gasteiger partial charge on any atom is -0.495 e. The summed E-state index contributed by atoms with van der Waals surface area (Å²) in [5.41, 5.74) is 2.52.